The Kier molecular flexibility index (Phi) is 6.26. The van der Waals surface area contributed by atoms with E-state index in [2.05, 4.69) is 5.32 Å². The lowest BCUT2D eigenvalue weighted by Crippen LogP contribution is -2.32. The van der Waals surface area contributed by atoms with Gasteiger partial charge in [-0.15, -0.1) is 0 Å². The average molecular weight is 520 g/mol. The van der Waals surface area contributed by atoms with Crippen LogP contribution in [0.15, 0.2) is 71.6 Å². The van der Waals surface area contributed by atoms with Crippen molar-refractivity contribution >= 4 is 21.6 Å². The van der Waals surface area contributed by atoms with Gasteiger partial charge < -0.3 is 19.7 Å². The number of hydrogen-bond donors (Lipinski definition) is 1. The summed E-state index contributed by atoms with van der Waals surface area (Å²) in [4.78, 5) is 15.4. The van der Waals surface area contributed by atoms with Crippen LogP contribution in [0.2, 0.25) is 0 Å². The fraction of sp³-hybridized carbons (Fsp3) is 0.321. The first-order chi connectivity index (χ1) is 18.0. The first kappa shape index (κ1) is 23.8. The summed E-state index contributed by atoms with van der Waals surface area (Å²) >= 11 is 0. The third-order valence-electron chi connectivity index (χ3n) is 7.21. The molecule has 3 aliphatic rings. The third kappa shape index (κ3) is 4.53. The summed E-state index contributed by atoms with van der Waals surface area (Å²) in [5.74, 6) is 1.31. The highest BCUT2D eigenvalue weighted by atomic mass is 32.2. The van der Waals surface area contributed by atoms with E-state index in [1.54, 1.807) is 33.5 Å². The SMILES string of the molecule is O=C1c2ccccc2[C@H](Nc2ccc(S(=O)(=O)N3CCCCCC3)cc2)N1Cc1ccc2c(c1)OCO2. The number of fused-ring (bicyclic) bond motifs is 2. The maximum atomic E-state index is 13.4. The van der Waals surface area contributed by atoms with Gasteiger partial charge in [-0.3, -0.25) is 4.79 Å². The fourth-order valence-electron chi connectivity index (χ4n) is 5.24. The standard InChI is InChI=1S/C28H29N3O5S/c32-28-24-8-4-3-7-23(24)27(31(28)18-20-9-14-25-26(17-20)36-19-35-25)29-21-10-12-22(13-11-21)37(33,34)30-15-5-1-2-6-16-30/h3-4,7-14,17,27,29H,1-2,5-6,15-16,18-19H2/t27-/m1/s1. The van der Waals surface area contributed by atoms with E-state index in [-0.39, 0.29) is 12.7 Å². The molecule has 1 N–H and O–H groups in total. The molecular formula is C28H29N3O5S. The molecule has 6 rings (SSSR count). The van der Waals surface area contributed by atoms with Crippen LogP contribution in [-0.4, -0.2) is 43.4 Å². The molecule has 0 bridgehead atoms. The van der Waals surface area contributed by atoms with Gasteiger partial charge in [-0.1, -0.05) is 37.1 Å². The van der Waals surface area contributed by atoms with E-state index in [9.17, 15) is 13.2 Å². The Labute approximate surface area is 216 Å². The number of carbonyl (C=O) groups excluding carboxylic acids is 1. The predicted octanol–water partition coefficient (Wildman–Crippen LogP) is 4.75. The number of anilines is 1. The van der Waals surface area contributed by atoms with Crippen LogP contribution >= 0.6 is 0 Å². The molecule has 3 aromatic rings. The number of nitrogens with zero attached hydrogens (tertiary/aromatic N) is 2. The number of ether oxygens (including phenoxy) is 2. The van der Waals surface area contributed by atoms with Crippen LogP contribution in [-0.2, 0) is 16.6 Å². The van der Waals surface area contributed by atoms with E-state index in [0.717, 1.165) is 42.5 Å². The van der Waals surface area contributed by atoms with Gasteiger partial charge >= 0.3 is 0 Å². The van der Waals surface area contributed by atoms with E-state index < -0.39 is 16.2 Å². The molecule has 0 aliphatic carbocycles. The largest absolute Gasteiger partial charge is 0.454 e. The lowest BCUT2D eigenvalue weighted by molar-refractivity contribution is 0.0728. The second-order valence-electron chi connectivity index (χ2n) is 9.60. The van der Waals surface area contributed by atoms with Crippen molar-refractivity contribution in [3.63, 3.8) is 0 Å². The Morgan fingerprint density at radius 2 is 1.59 bits per heavy atom. The Bertz CT molecular complexity index is 1420. The van der Waals surface area contributed by atoms with E-state index in [1.807, 2.05) is 42.5 Å². The number of nitrogens with one attached hydrogen (secondary N) is 1. The minimum atomic E-state index is -3.52. The van der Waals surface area contributed by atoms with E-state index >= 15 is 0 Å². The zero-order valence-electron chi connectivity index (χ0n) is 20.4. The Balaban J connectivity index is 1.25. The molecule has 0 unspecified atom stereocenters. The van der Waals surface area contributed by atoms with Crippen LogP contribution in [0.1, 0.15) is 53.3 Å². The van der Waals surface area contributed by atoms with Crippen molar-refractivity contribution in [3.05, 3.63) is 83.4 Å². The van der Waals surface area contributed by atoms with Crippen molar-refractivity contribution in [2.75, 3.05) is 25.2 Å². The molecule has 0 saturated carbocycles. The minimum Gasteiger partial charge on any atom is -0.454 e. The van der Waals surface area contributed by atoms with Crippen LogP contribution in [0.4, 0.5) is 5.69 Å². The molecule has 9 heteroatoms. The molecule has 37 heavy (non-hydrogen) atoms. The number of carbonyl (C=O) groups is 1. The normalized spacial score (nSPS) is 19.5. The summed E-state index contributed by atoms with van der Waals surface area (Å²) in [6, 6.07) is 20.1. The van der Waals surface area contributed by atoms with Crippen LogP contribution in [0.25, 0.3) is 0 Å². The summed E-state index contributed by atoms with van der Waals surface area (Å²) in [6.07, 6.45) is 3.53. The molecule has 1 fully saturated rings. The second kappa shape index (κ2) is 9.72. The first-order valence-electron chi connectivity index (χ1n) is 12.7. The number of amides is 1. The quantitative estimate of drug-likeness (QED) is 0.506. The topological polar surface area (TPSA) is 88.2 Å². The van der Waals surface area contributed by atoms with Crippen LogP contribution in [0.3, 0.4) is 0 Å². The lowest BCUT2D eigenvalue weighted by atomic mass is 10.1. The van der Waals surface area contributed by atoms with E-state index in [1.165, 1.54) is 0 Å². The number of sulfonamides is 1. The van der Waals surface area contributed by atoms with Crippen molar-refractivity contribution in [2.24, 2.45) is 0 Å². The molecule has 3 aliphatic heterocycles. The average Bonchev–Trinajstić information content (AvgIpc) is 3.34. The molecule has 0 radical (unpaired) electrons. The van der Waals surface area contributed by atoms with Gasteiger partial charge in [-0.2, -0.15) is 4.31 Å². The van der Waals surface area contributed by atoms with Gasteiger partial charge in [-0.25, -0.2) is 8.42 Å². The minimum absolute atomic E-state index is 0.0638. The van der Waals surface area contributed by atoms with Gasteiger partial charge in [0.1, 0.15) is 6.17 Å². The highest BCUT2D eigenvalue weighted by molar-refractivity contribution is 7.89. The predicted molar refractivity (Wildman–Crippen MR) is 139 cm³/mol. The summed E-state index contributed by atoms with van der Waals surface area (Å²) in [6.45, 7) is 1.71. The third-order valence-corrected chi connectivity index (χ3v) is 9.12. The molecule has 8 nitrogen and oxygen atoms in total. The van der Waals surface area contributed by atoms with Gasteiger partial charge in [-0.05, 0) is 60.9 Å². The molecule has 192 valence electrons. The second-order valence-corrected chi connectivity index (χ2v) is 11.5. The molecule has 0 spiro atoms. The molecular weight excluding hydrogens is 490 g/mol. The molecule has 1 amide bonds. The van der Waals surface area contributed by atoms with Gasteiger partial charge in [0.2, 0.25) is 16.8 Å². The van der Waals surface area contributed by atoms with E-state index in [0.29, 0.717) is 41.6 Å². The fourth-order valence-corrected chi connectivity index (χ4v) is 6.75. The molecule has 1 atom stereocenters. The monoisotopic (exact) mass is 519 g/mol. The van der Waals surface area contributed by atoms with Crippen LogP contribution in [0, 0.1) is 0 Å². The Morgan fingerprint density at radius 1 is 0.865 bits per heavy atom. The molecule has 1 saturated heterocycles. The van der Waals surface area contributed by atoms with E-state index in [4.69, 9.17) is 9.47 Å². The summed E-state index contributed by atoms with van der Waals surface area (Å²) in [5, 5.41) is 3.46. The maximum absolute atomic E-state index is 13.4. The van der Waals surface area contributed by atoms with Crippen molar-refractivity contribution in [2.45, 2.75) is 43.3 Å². The number of hydrogen-bond acceptors (Lipinski definition) is 6. The zero-order chi connectivity index (χ0) is 25.4. The van der Waals surface area contributed by atoms with Crippen molar-refractivity contribution < 1.29 is 22.7 Å². The Hall–Kier alpha value is -3.56. The Morgan fingerprint density at radius 3 is 2.38 bits per heavy atom. The number of rotatable bonds is 6. The summed E-state index contributed by atoms with van der Waals surface area (Å²) in [5.41, 5.74) is 3.20. The van der Waals surface area contributed by atoms with Crippen molar-refractivity contribution in [3.8, 4) is 11.5 Å². The van der Waals surface area contributed by atoms with Gasteiger partial charge in [0.25, 0.3) is 5.91 Å². The van der Waals surface area contributed by atoms with Gasteiger partial charge in [0, 0.05) is 36.4 Å². The first-order valence-corrected chi connectivity index (χ1v) is 14.1. The maximum Gasteiger partial charge on any atom is 0.256 e. The summed E-state index contributed by atoms with van der Waals surface area (Å²) in [7, 11) is -3.52. The molecule has 3 aromatic carbocycles. The lowest BCUT2D eigenvalue weighted by Gasteiger charge is -2.27. The van der Waals surface area contributed by atoms with Gasteiger partial charge in [0.15, 0.2) is 11.5 Å². The molecule has 3 heterocycles. The molecule has 0 aromatic heterocycles. The van der Waals surface area contributed by atoms with Crippen LogP contribution in [0.5, 0.6) is 11.5 Å². The zero-order valence-corrected chi connectivity index (χ0v) is 21.2. The highest BCUT2D eigenvalue weighted by Crippen LogP contribution is 2.38. The van der Waals surface area contributed by atoms with Crippen LogP contribution < -0.4 is 14.8 Å². The number of benzene rings is 3. The smallest absolute Gasteiger partial charge is 0.256 e. The van der Waals surface area contributed by atoms with Crippen molar-refractivity contribution in [1.29, 1.82) is 0 Å². The summed E-state index contributed by atoms with van der Waals surface area (Å²) < 4.78 is 38.9. The highest BCUT2D eigenvalue weighted by Gasteiger charge is 2.37. The van der Waals surface area contributed by atoms with Gasteiger partial charge in [0.05, 0.1) is 4.90 Å². The van der Waals surface area contributed by atoms with Crippen molar-refractivity contribution in [1.82, 2.24) is 9.21 Å².